The summed E-state index contributed by atoms with van der Waals surface area (Å²) in [6.45, 7) is 0. The third-order valence-electron chi connectivity index (χ3n) is 9.63. The summed E-state index contributed by atoms with van der Waals surface area (Å²) in [5.41, 5.74) is 7.46. The van der Waals surface area contributed by atoms with Gasteiger partial charge in [0.1, 0.15) is 0 Å². The minimum atomic E-state index is 0.0528. The molecule has 0 radical (unpaired) electrons. The molecule has 0 fully saturated rings. The van der Waals surface area contributed by atoms with E-state index in [1.165, 1.54) is 0 Å². The zero-order valence-electron chi connectivity index (χ0n) is 28.9. The van der Waals surface area contributed by atoms with Crippen LogP contribution >= 0.6 is 127 Å². The highest BCUT2D eigenvalue weighted by molar-refractivity contribution is 9.12. The number of ketones is 2. The number of carbonyl (C=O) groups excluding carboxylic acids is 2. The van der Waals surface area contributed by atoms with Crippen LogP contribution < -0.4 is 5.43 Å². The van der Waals surface area contributed by atoms with Crippen LogP contribution in [-0.4, -0.2) is 11.6 Å². The molecule has 2 unspecified atom stereocenters. The first-order valence-electron chi connectivity index (χ1n) is 17.1. The number of alkyl halides is 2. The van der Waals surface area contributed by atoms with Gasteiger partial charge in [0, 0.05) is 59.9 Å². The number of benzene rings is 6. The van der Waals surface area contributed by atoms with Gasteiger partial charge in [0.05, 0.1) is 9.65 Å². The quantitative estimate of drug-likeness (QED) is 0.142. The molecule has 0 heterocycles. The Labute approximate surface area is 391 Å². The van der Waals surface area contributed by atoms with Gasteiger partial charge in [-0.3, -0.25) is 14.4 Å². The molecule has 3 nitrogen and oxygen atoms in total. The van der Waals surface area contributed by atoms with Crippen LogP contribution in [0.25, 0.3) is 21.5 Å². The van der Waals surface area contributed by atoms with E-state index in [-0.39, 0.29) is 26.6 Å². The monoisotopic (exact) mass is 1250 g/mol. The zero-order chi connectivity index (χ0) is 39.8. The molecule has 9 rings (SSSR count). The average molecular weight is 1250 g/mol. The number of halogens is 8. The molecule has 0 N–H and O–H groups in total. The SMILES string of the molecule is O=C1c2cc(Br)ccc2C(Br)C(Br)c2ccc(Br)cc21.O=C1c2cc(Br)ccc2CCc2ccc(Br)cc21.O=c1c2cc(Br)ccc2ccc2ccc(Br)cc12. The molecule has 11 heteroatoms. The zero-order valence-corrected chi connectivity index (χ0v) is 41.6. The van der Waals surface area contributed by atoms with Crippen molar-refractivity contribution in [3.8, 4) is 0 Å². The Morgan fingerprint density at radius 1 is 0.375 bits per heavy atom. The number of fused-ring (bicyclic) bond motifs is 6. The maximum atomic E-state index is 12.8. The standard InChI is InChI=1S/C15H8Br4O.C15H10Br2O.C15H8Br2O/c16-7-1-3-9-11(5-7)15(20)12-6-8(17)2-4-10(12)14(19)13(9)18;2*16-11-5-3-9-1-2-10-4-6-12(17)8-14(10)15(18)13(9)7-11/h1-6,13-14H;3-8H,1-2H2;1-8H. The van der Waals surface area contributed by atoms with Gasteiger partial charge in [-0.1, -0.05) is 176 Å². The van der Waals surface area contributed by atoms with Crippen LogP contribution in [0.2, 0.25) is 0 Å². The predicted octanol–water partition coefficient (Wildman–Crippen LogP) is 15.7. The van der Waals surface area contributed by atoms with Crippen molar-refractivity contribution in [3.63, 3.8) is 0 Å². The molecule has 0 saturated carbocycles. The van der Waals surface area contributed by atoms with Gasteiger partial charge in [-0.2, -0.15) is 0 Å². The van der Waals surface area contributed by atoms with Crippen molar-refractivity contribution in [3.05, 3.63) is 203 Å². The molecule has 2 aliphatic rings. The normalized spacial score (nSPS) is 15.5. The smallest absolute Gasteiger partial charge is 0.194 e. The lowest BCUT2D eigenvalue weighted by molar-refractivity contribution is 0.103. The summed E-state index contributed by atoms with van der Waals surface area (Å²) >= 11 is 28.0. The van der Waals surface area contributed by atoms with Gasteiger partial charge in [-0.05, 0) is 119 Å². The molecule has 2 atom stereocenters. The second kappa shape index (κ2) is 18.0. The van der Waals surface area contributed by atoms with Gasteiger partial charge < -0.3 is 0 Å². The molecule has 56 heavy (non-hydrogen) atoms. The maximum Gasteiger partial charge on any atom is 0.194 e. The van der Waals surface area contributed by atoms with Gasteiger partial charge in [0.25, 0.3) is 0 Å². The molecule has 7 aromatic rings. The summed E-state index contributed by atoms with van der Waals surface area (Å²) in [6, 6.07) is 39.1. The highest BCUT2D eigenvalue weighted by Crippen LogP contribution is 2.48. The van der Waals surface area contributed by atoms with Crippen molar-refractivity contribution in [2.45, 2.75) is 22.5 Å². The molecule has 0 amide bonds. The number of carbonyl (C=O) groups is 2. The van der Waals surface area contributed by atoms with Crippen LogP contribution in [0.4, 0.5) is 0 Å². The van der Waals surface area contributed by atoms with Crippen molar-refractivity contribution < 1.29 is 9.59 Å². The summed E-state index contributed by atoms with van der Waals surface area (Å²) in [7, 11) is 0. The Bertz CT molecular complexity index is 2600. The van der Waals surface area contributed by atoms with Crippen molar-refractivity contribution >= 4 is 161 Å². The van der Waals surface area contributed by atoms with Crippen molar-refractivity contribution in [1.82, 2.24) is 0 Å². The second-order valence-corrected chi connectivity index (χ2v) is 20.6. The van der Waals surface area contributed by atoms with Crippen LogP contribution in [-0.2, 0) is 12.8 Å². The van der Waals surface area contributed by atoms with Gasteiger partial charge in [-0.25, -0.2) is 0 Å². The van der Waals surface area contributed by atoms with E-state index in [9.17, 15) is 14.4 Å². The Morgan fingerprint density at radius 2 is 0.679 bits per heavy atom. The van der Waals surface area contributed by atoms with Crippen molar-refractivity contribution in [2.24, 2.45) is 0 Å². The summed E-state index contributed by atoms with van der Waals surface area (Å²) < 4.78 is 5.56. The predicted molar refractivity (Wildman–Crippen MR) is 257 cm³/mol. The first-order chi connectivity index (χ1) is 26.8. The van der Waals surface area contributed by atoms with E-state index >= 15 is 0 Å². The van der Waals surface area contributed by atoms with E-state index in [1.54, 1.807) is 0 Å². The van der Waals surface area contributed by atoms with Crippen molar-refractivity contribution in [2.75, 3.05) is 0 Å². The molecular formula is C45H26Br8O3. The van der Waals surface area contributed by atoms with Crippen LogP contribution in [0.5, 0.6) is 0 Å². The maximum absolute atomic E-state index is 12.8. The summed E-state index contributed by atoms with van der Waals surface area (Å²) in [5, 5.41) is 3.38. The number of rotatable bonds is 0. The topological polar surface area (TPSA) is 51.2 Å². The summed E-state index contributed by atoms with van der Waals surface area (Å²) in [6.07, 6.45) is 1.84. The average Bonchev–Trinajstić information content (AvgIpc) is 3.44. The molecule has 280 valence electrons. The minimum Gasteiger partial charge on any atom is -0.289 e. The first kappa shape index (κ1) is 42.0. The molecule has 0 aliphatic heterocycles. The molecule has 7 aromatic carbocycles. The minimum absolute atomic E-state index is 0.0528. The van der Waals surface area contributed by atoms with Crippen LogP contribution in [0.15, 0.2) is 153 Å². The highest BCUT2D eigenvalue weighted by Gasteiger charge is 2.32. The lowest BCUT2D eigenvalue weighted by atomic mass is 9.99. The Kier molecular flexibility index (Phi) is 13.5. The van der Waals surface area contributed by atoms with E-state index in [4.69, 9.17) is 0 Å². The number of aryl methyl sites for hydroxylation is 2. The fourth-order valence-electron chi connectivity index (χ4n) is 6.83. The second-order valence-electron chi connectivity index (χ2n) is 13.2. The third kappa shape index (κ3) is 9.05. The molecule has 0 spiro atoms. The van der Waals surface area contributed by atoms with E-state index in [1.807, 2.05) is 121 Å². The van der Waals surface area contributed by atoms with Gasteiger partial charge in [0.2, 0.25) is 0 Å². The Balaban J connectivity index is 0.000000129. The van der Waals surface area contributed by atoms with E-state index < -0.39 is 0 Å². The highest BCUT2D eigenvalue weighted by atomic mass is 79.9. The lowest BCUT2D eigenvalue weighted by Crippen LogP contribution is -2.04. The number of hydrogen-bond donors (Lipinski definition) is 0. The van der Waals surface area contributed by atoms with E-state index in [0.717, 1.165) is 106 Å². The van der Waals surface area contributed by atoms with Crippen LogP contribution in [0.1, 0.15) is 63.8 Å². The third-order valence-corrected chi connectivity index (χ3v) is 15.3. The molecule has 2 aliphatic carbocycles. The van der Waals surface area contributed by atoms with Gasteiger partial charge in [-0.15, -0.1) is 0 Å². The lowest BCUT2D eigenvalue weighted by Gasteiger charge is -2.17. The van der Waals surface area contributed by atoms with Crippen LogP contribution in [0, 0.1) is 0 Å². The fourth-order valence-corrected chi connectivity index (χ4v) is 10.4. The Hall–Kier alpha value is -2.09. The number of hydrogen-bond acceptors (Lipinski definition) is 3. The fraction of sp³-hybridized carbons (Fsp3) is 0.0889. The summed E-state index contributed by atoms with van der Waals surface area (Å²) in [4.78, 5) is 38.1. The Morgan fingerprint density at radius 3 is 1.09 bits per heavy atom. The van der Waals surface area contributed by atoms with E-state index in [2.05, 4.69) is 127 Å². The van der Waals surface area contributed by atoms with Crippen molar-refractivity contribution in [1.29, 1.82) is 0 Å². The van der Waals surface area contributed by atoms with Gasteiger partial charge >= 0.3 is 0 Å². The van der Waals surface area contributed by atoms with Gasteiger partial charge in [0.15, 0.2) is 17.0 Å². The van der Waals surface area contributed by atoms with Crippen LogP contribution in [0.3, 0.4) is 0 Å². The molecule has 0 bridgehead atoms. The molecule has 0 saturated heterocycles. The largest absolute Gasteiger partial charge is 0.289 e. The first-order valence-corrected chi connectivity index (χ1v) is 23.7. The molecular weight excluding hydrogens is 1230 g/mol. The summed E-state index contributed by atoms with van der Waals surface area (Å²) in [5.74, 6) is 0.184. The molecule has 0 aromatic heterocycles. The van der Waals surface area contributed by atoms with E-state index in [0.29, 0.717) is 0 Å².